The molecule has 4 saturated carbocycles. The van der Waals surface area contributed by atoms with Crippen LogP contribution in [0.3, 0.4) is 0 Å². The van der Waals surface area contributed by atoms with Crippen molar-refractivity contribution >= 4 is 5.97 Å². The molecule has 0 N–H and O–H groups in total. The molecule has 4 aliphatic carbocycles. The minimum absolute atomic E-state index is 0.0473. The molecule has 1 saturated heterocycles. The van der Waals surface area contributed by atoms with Crippen LogP contribution < -0.4 is 0 Å². The van der Waals surface area contributed by atoms with Crippen LogP contribution in [0.2, 0.25) is 0 Å². The van der Waals surface area contributed by atoms with Gasteiger partial charge in [-0.1, -0.05) is 13.8 Å². The van der Waals surface area contributed by atoms with E-state index < -0.39 is 0 Å². The van der Waals surface area contributed by atoms with E-state index in [9.17, 15) is 4.79 Å². The third-order valence-electron chi connectivity index (χ3n) is 6.24. The van der Waals surface area contributed by atoms with E-state index in [4.69, 9.17) is 4.74 Å². The van der Waals surface area contributed by atoms with E-state index in [0.29, 0.717) is 22.7 Å². The first-order chi connectivity index (χ1) is 8.41. The van der Waals surface area contributed by atoms with Crippen molar-refractivity contribution < 1.29 is 9.53 Å². The quantitative estimate of drug-likeness (QED) is 0.662. The number of esters is 1. The molecule has 0 amide bonds. The van der Waals surface area contributed by atoms with Crippen LogP contribution in [0.5, 0.6) is 0 Å². The molecule has 3 unspecified atom stereocenters. The van der Waals surface area contributed by atoms with E-state index in [1.807, 2.05) is 0 Å². The third kappa shape index (κ3) is 1.44. The fourth-order valence-electron chi connectivity index (χ4n) is 6.85. The van der Waals surface area contributed by atoms with E-state index >= 15 is 0 Å². The van der Waals surface area contributed by atoms with Gasteiger partial charge in [0.1, 0.15) is 6.10 Å². The summed E-state index contributed by atoms with van der Waals surface area (Å²) in [5.74, 6) is 0.946. The van der Waals surface area contributed by atoms with Gasteiger partial charge < -0.3 is 4.74 Å². The van der Waals surface area contributed by atoms with Gasteiger partial charge in [-0.05, 0) is 61.7 Å². The van der Waals surface area contributed by atoms with Gasteiger partial charge in [-0.15, -0.1) is 0 Å². The molecule has 4 bridgehead atoms. The van der Waals surface area contributed by atoms with Crippen LogP contribution >= 0.6 is 0 Å². The Morgan fingerprint density at radius 2 is 1.72 bits per heavy atom. The Hall–Kier alpha value is -0.530. The smallest absolute Gasteiger partial charge is 0.306 e. The highest BCUT2D eigenvalue weighted by Gasteiger charge is 2.63. The Bertz CT molecular complexity index is 395. The van der Waals surface area contributed by atoms with Gasteiger partial charge in [0.15, 0.2) is 0 Å². The van der Waals surface area contributed by atoms with Gasteiger partial charge in [0.25, 0.3) is 0 Å². The number of rotatable bonds is 1. The van der Waals surface area contributed by atoms with Crippen molar-refractivity contribution in [2.45, 2.75) is 71.3 Å². The molecule has 18 heavy (non-hydrogen) atoms. The molecular weight excluding hydrogens is 224 g/mol. The monoisotopic (exact) mass is 248 g/mol. The number of hydrogen-bond acceptors (Lipinski definition) is 2. The lowest BCUT2D eigenvalue weighted by molar-refractivity contribution is -0.192. The summed E-state index contributed by atoms with van der Waals surface area (Å²) in [6.45, 7) is 4.97. The van der Waals surface area contributed by atoms with Crippen molar-refractivity contribution in [1.82, 2.24) is 0 Å². The van der Waals surface area contributed by atoms with Crippen molar-refractivity contribution in [1.29, 1.82) is 0 Å². The second-order valence-corrected chi connectivity index (χ2v) is 8.51. The van der Waals surface area contributed by atoms with Crippen molar-refractivity contribution in [2.24, 2.45) is 22.2 Å². The van der Waals surface area contributed by atoms with Gasteiger partial charge in [-0.2, -0.15) is 0 Å². The highest BCUT2D eigenvalue weighted by molar-refractivity contribution is 5.71. The standard InChI is InChI=1S/C16H24O2/c1-14-5-11-6-15(2,8-14)10-16(7-11,9-14)12-3-4-13(17)18-12/h11-12H,3-10H2,1-2H3. The Kier molecular flexibility index (Phi) is 1.97. The zero-order valence-corrected chi connectivity index (χ0v) is 11.6. The van der Waals surface area contributed by atoms with Crippen LogP contribution in [0, 0.1) is 22.2 Å². The van der Waals surface area contributed by atoms with Crippen molar-refractivity contribution in [3.63, 3.8) is 0 Å². The summed E-state index contributed by atoms with van der Waals surface area (Å²) in [6.07, 6.45) is 10.1. The Morgan fingerprint density at radius 3 is 2.22 bits per heavy atom. The molecule has 5 fully saturated rings. The molecule has 0 spiro atoms. The van der Waals surface area contributed by atoms with Crippen LogP contribution in [-0.2, 0) is 9.53 Å². The fourth-order valence-corrected chi connectivity index (χ4v) is 6.85. The number of cyclic esters (lactones) is 1. The second kappa shape index (κ2) is 3.13. The van der Waals surface area contributed by atoms with E-state index in [2.05, 4.69) is 13.8 Å². The normalized spacial score (nSPS) is 58.0. The summed E-state index contributed by atoms with van der Waals surface area (Å²) in [6, 6.07) is 0. The Balaban J connectivity index is 1.71. The Morgan fingerprint density at radius 1 is 1.06 bits per heavy atom. The maximum absolute atomic E-state index is 11.5. The Labute approximate surface area is 109 Å². The molecule has 2 nitrogen and oxygen atoms in total. The zero-order valence-electron chi connectivity index (χ0n) is 11.6. The molecular formula is C16H24O2. The number of carbonyl (C=O) groups excluding carboxylic acids is 1. The molecule has 3 atom stereocenters. The second-order valence-electron chi connectivity index (χ2n) is 8.51. The summed E-state index contributed by atoms with van der Waals surface area (Å²) in [4.78, 5) is 11.5. The van der Waals surface area contributed by atoms with Crippen LogP contribution in [0.4, 0.5) is 0 Å². The van der Waals surface area contributed by atoms with Crippen LogP contribution in [-0.4, -0.2) is 12.1 Å². The molecule has 2 heteroatoms. The van der Waals surface area contributed by atoms with E-state index in [-0.39, 0.29) is 12.1 Å². The summed E-state index contributed by atoms with van der Waals surface area (Å²) in [5, 5.41) is 0. The largest absolute Gasteiger partial charge is 0.462 e. The first kappa shape index (κ1) is 11.3. The lowest BCUT2D eigenvalue weighted by Crippen LogP contribution is -2.58. The van der Waals surface area contributed by atoms with Gasteiger partial charge >= 0.3 is 5.97 Å². The average Bonchev–Trinajstić information content (AvgIpc) is 2.59. The summed E-state index contributed by atoms with van der Waals surface area (Å²) in [5.41, 5.74) is 1.40. The molecule has 5 rings (SSSR count). The molecule has 5 aliphatic rings. The van der Waals surface area contributed by atoms with E-state index in [1.165, 1.54) is 38.5 Å². The summed E-state index contributed by atoms with van der Waals surface area (Å²) in [7, 11) is 0. The van der Waals surface area contributed by atoms with E-state index in [0.717, 1.165) is 12.3 Å². The molecule has 1 heterocycles. The third-order valence-corrected chi connectivity index (χ3v) is 6.24. The first-order valence-corrected chi connectivity index (χ1v) is 7.60. The van der Waals surface area contributed by atoms with Crippen molar-refractivity contribution in [3.05, 3.63) is 0 Å². The molecule has 0 aromatic rings. The summed E-state index contributed by atoms with van der Waals surface area (Å²) >= 11 is 0. The molecule has 1 aliphatic heterocycles. The van der Waals surface area contributed by atoms with Gasteiger partial charge in [0.05, 0.1) is 0 Å². The van der Waals surface area contributed by atoms with E-state index in [1.54, 1.807) is 0 Å². The molecule has 0 aromatic heterocycles. The zero-order chi connectivity index (χ0) is 12.6. The number of hydrogen-bond donors (Lipinski definition) is 0. The highest BCUT2D eigenvalue weighted by atomic mass is 16.5. The molecule has 100 valence electrons. The molecule has 0 radical (unpaired) electrons. The number of ether oxygens (including phenoxy) is 1. The van der Waals surface area contributed by atoms with Gasteiger partial charge in [-0.3, -0.25) is 4.79 Å². The minimum Gasteiger partial charge on any atom is -0.462 e. The highest BCUT2D eigenvalue weighted by Crippen LogP contribution is 2.71. The summed E-state index contributed by atoms with van der Waals surface area (Å²) < 4.78 is 5.70. The van der Waals surface area contributed by atoms with Gasteiger partial charge in [0.2, 0.25) is 0 Å². The lowest BCUT2D eigenvalue weighted by Gasteiger charge is -2.66. The van der Waals surface area contributed by atoms with Crippen LogP contribution in [0.15, 0.2) is 0 Å². The van der Waals surface area contributed by atoms with Crippen LogP contribution in [0.25, 0.3) is 0 Å². The predicted octanol–water partition coefficient (Wildman–Crippen LogP) is 3.69. The van der Waals surface area contributed by atoms with Crippen LogP contribution in [0.1, 0.15) is 65.2 Å². The number of carbonyl (C=O) groups is 1. The first-order valence-electron chi connectivity index (χ1n) is 7.60. The van der Waals surface area contributed by atoms with Crippen molar-refractivity contribution in [3.8, 4) is 0 Å². The van der Waals surface area contributed by atoms with Gasteiger partial charge in [0, 0.05) is 11.8 Å². The lowest BCUT2D eigenvalue weighted by atomic mass is 9.39. The van der Waals surface area contributed by atoms with Crippen molar-refractivity contribution in [2.75, 3.05) is 0 Å². The average molecular weight is 248 g/mol. The predicted molar refractivity (Wildman–Crippen MR) is 69.0 cm³/mol. The topological polar surface area (TPSA) is 26.3 Å². The molecule has 0 aromatic carbocycles. The minimum atomic E-state index is 0.0473. The SMILES string of the molecule is CC12CC3CC(C)(C1)CC(C1CCC(=O)O1)(C3)C2. The fraction of sp³-hybridized carbons (Fsp3) is 0.938. The van der Waals surface area contributed by atoms with Gasteiger partial charge in [-0.25, -0.2) is 0 Å². The maximum Gasteiger partial charge on any atom is 0.306 e. The maximum atomic E-state index is 11.5.